The van der Waals surface area contributed by atoms with E-state index in [0.717, 1.165) is 36.4 Å². The fourth-order valence-electron chi connectivity index (χ4n) is 2.56. The van der Waals surface area contributed by atoms with Gasteiger partial charge in [0.25, 0.3) is 0 Å². The molecule has 8 nitrogen and oxygen atoms in total. The van der Waals surface area contributed by atoms with Crippen LogP contribution in [0.2, 0.25) is 0 Å². The lowest BCUT2D eigenvalue weighted by Crippen LogP contribution is -2.35. The van der Waals surface area contributed by atoms with E-state index >= 15 is 0 Å². The highest BCUT2D eigenvalue weighted by atomic mass is 32.3. The Kier molecular flexibility index (Phi) is 5.27. The molecule has 1 aliphatic rings. The molecule has 0 fully saturated rings. The Hall–Kier alpha value is -1.63. The number of benzene rings is 1. The third-order valence-electron chi connectivity index (χ3n) is 3.65. The zero-order valence-electron chi connectivity index (χ0n) is 14.6. The average Bonchev–Trinajstić information content (AvgIpc) is 3.12. The van der Waals surface area contributed by atoms with Crippen LogP contribution in [0.5, 0.6) is 0 Å². The summed E-state index contributed by atoms with van der Waals surface area (Å²) in [4.78, 5) is 16.6. The second-order valence-corrected chi connectivity index (χ2v) is 11.9. The van der Waals surface area contributed by atoms with Crippen LogP contribution in [0.15, 0.2) is 26.7 Å². The molecule has 0 bridgehead atoms. The summed E-state index contributed by atoms with van der Waals surface area (Å²) in [6.45, 7) is 1.92. The third kappa shape index (κ3) is 4.13. The maximum absolute atomic E-state index is 12.2. The molecule has 1 aromatic carbocycles. The van der Waals surface area contributed by atoms with Crippen molar-refractivity contribution in [2.75, 3.05) is 16.2 Å². The van der Waals surface area contributed by atoms with Crippen molar-refractivity contribution in [1.82, 2.24) is 4.98 Å². The van der Waals surface area contributed by atoms with Gasteiger partial charge in [0, 0.05) is 15.8 Å². The summed E-state index contributed by atoms with van der Waals surface area (Å²) in [7, 11) is -8.26. The van der Waals surface area contributed by atoms with Crippen molar-refractivity contribution in [1.29, 1.82) is 0 Å². The average molecular weight is 449 g/mol. The van der Waals surface area contributed by atoms with Gasteiger partial charge in [-0.25, -0.2) is 26.6 Å². The molecule has 1 aliphatic heterocycles. The summed E-state index contributed by atoms with van der Waals surface area (Å²) in [6.07, 6.45) is 2.37. The molecule has 1 aromatic heterocycles. The molecule has 0 N–H and O–H groups in total. The van der Waals surface area contributed by atoms with Gasteiger partial charge in [-0.2, -0.15) is 3.71 Å². The van der Waals surface area contributed by atoms with Gasteiger partial charge in [-0.05, 0) is 18.6 Å². The van der Waals surface area contributed by atoms with E-state index in [2.05, 4.69) is 4.98 Å². The van der Waals surface area contributed by atoms with Crippen molar-refractivity contribution >= 4 is 54.8 Å². The Morgan fingerprint density at radius 1 is 1.22 bits per heavy atom. The minimum atomic E-state index is -4.13. The van der Waals surface area contributed by atoms with Gasteiger partial charge in [0.1, 0.15) is 6.61 Å². The number of aromatic nitrogens is 1. The lowest BCUT2D eigenvalue weighted by molar-refractivity contribution is 0.0535. The topological polar surface area (TPSA) is 111 Å². The third-order valence-corrected chi connectivity index (χ3v) is 8.91. The van der Waals surface area contributed by atoms with Gasteiger partial charge in [-0.1, -0.05) is 18.7 Å². The van der Waals surface area contributed by atoms with E-state index in [1.165, 1.54) is 23.5 Å². The van der Waals surface area contributed by atoms with E-state index < -0.39 is 26.0 Å². The SMILES string of the molecule is CCc1csc(Sc2cc3c(cc2N(S(C)(=O)=O)S(C)(=O)=O)COC3=O)n1. The second kappa shape index (κ2) is 7.08. The minimum absolute atomic E-state index is 0.0370. The second-order valence-electron chi connectivity index (χ2n) is 5.84. The van der Waals surface area contributed by atoms with Crippen molar-refractivity contribution in [3.05, 3.63) is 34.3 Å². The maximum Gasteiger partial charge on any atom is 0.338 e. The summed E-state index contributed by atoms with van der Waals surface area (Å²) in [6, 6.07) is 2.83. The summed E-state index contributed by atoms with van der Waals surface area (Å²) in [5, 5.41) is 1.87. The van der Waals surface area contributed by atoms with E-state index in [1.54, 1.807) is 0 Å². The standard InChI is InChI=1S/C15H16N2O6S4/c1-4-10-8-24-15(16-10)25-13-6-11-9(7-23-14(11)18)5-12(13)17(26(2,19)20)27(3,21)22/h5-6,8H,4,7H2,1-3H3. The minimum Gasteiger partial charge on any atom is -0.457 e. The first kappa shape index (κ1) is 20.1. The Balaban J connectivity index is 2.21. The van der Waals surface area contributed by atoms with Crippen LogP contribution in [0.25, 0.3) is 0 Å². The number of hydrogen-bond donors (Lipinski definition) is 0. The molecule has 2 heterocycles. The quantitative estimate of drug-likeness (QED) is 0.619. The molecule has 12 heteroatoms. The number of fused-ring (bicyclic) bond motifs is 1. The molecule has 0 spiro atoms. The highest BCUT2D eigenvalue weighted by Crippen LogP contribution is 2.41. The van der Waals surface area contributed by atoms with Crippen LogP contribution in [-0.4, -0.2) is 40.3 Å². The molecule has 27 heavy (non-hydrogen) atoms. The highest BCUT2D eigenvalue weighted by molar-refractivity contribution is 8.09. The molecular weight excluding hydrogens is 432 g/mol. The number of ether oxygens (including phenoxy) is 1. The van der Waals surface area contributed by atoms with E-state index in [-0.39, 0.29) is 17.9 Å². The number of esters is 1. The Morgan fingerprint density at radius 3 is 2.44 bits per heavy atom. The van der Waals surface area contributed by atoms with Crippen molar-refractivity contribution < 1.29 is 26.4 Å². The number of carbonyl (C=O) groups is 1. The number of anilines is 1. The van der Waals surface area contributed by atoms with Crippen LogP contribution < -0.4 is 3.71 Å². The van der Waals surface area contributed by atoms with Crippen LogP contribution in [0.4, 0.5) is 5.69 Å². The fraction of sp³-hybridized carbons (Fsp3) is 0.333. The normalized spacial score (nSPS) is 14.1. The number of sulfonamides is 2. The molecule has 2 aromatic rings. The smallest absolute Gasteiger partial charge is 0.338 e. The van der Waals surface area contributed by atoms with Crippen LogP contribution in [0.3, 0.4) is 0 Å². The van der Waals surface area contributed by atoms with Crippen molar-refractivity contribution in [3.8, 4) is 0 Å². The molecule has 0 saturated carbocycles. The molecule has 0 saturated heterocycles. The molecule has 0 radical (unpaired) electrons. The summed E-state index contributed by atoms with van der Waals surface area (Å²) >= 11 is 2.46. The highest BCUT2D eigenvalue weighted by Gasteiger charge is 2.33. The zero-order valence-corrected chi connectivity index (χ0v) is 17.9. The number of aryl methyl sites for hydroxylation is 1. The number of rotatable bonds is 6. The van der Waals surface area contributed by atoms with Crippen molar-refractivity contribution in [2.24, 2.45) is 0 Å². The summed E-state index contributed by atoms with van der Waals surface area (Å²) < 4.78 is 54.9. The van der Waals surface area contributed by atoms with Crippen LogP contribution in [0.1, 0.15) is 28.5 Å². The first-order chi connectivity index (χ1) is 12.5. The van der Waals surface area contributed by atoms with Gasteiger partial charge in [0.05, 0.1) is 29.5 Å². The van der Waals surface area contributed by atoms with Gasteiger partial charge >= 0.3 is 5.97 Å². The lowest BCUT2D eigenvalue weighted by atomic mass is 10.1. The van der Waals surface area contributed by atoms with Crippen LogP contribution in [-0.2, 0) is 37.8 Å². The molecule has 3 rings (SSSR count). The van der Waals surface area contributed by atoms with E-state index in [0.29, 0.717) is 18.5 Å². The Bertz CT molecular complexity index is 1090. The van der Waals surface area contributed by atoms with E-state index in [4.69, 9.17) is 4.74 Å². The van der Waals surface area contributed by atoms with Gasteiger partial charge < -0.3 is 4.74 Å². The van der Waals surface area contributed by atoms with Gasteiger partial charge in [-0.3, -0.25) is 0 Å². The predicted molar refractivity (Wildman–Crippen MR) is 103 cm³/mol. The molecular formula is C15H16N2O6S4. The molecule has 0 amide bonds. The zero-order chi connectivity index (χ0) is 20.0. The van der Waals surface area contributed by atoms with Gasteiger partial charge in [0.15, 0.2) is 4.34 Å². The van der Waals surface area contributed by atoms with E-state index in [1.807, 2.05) is 12.3 Å². The number of hydrogen-bond acceptors (Lipinski definition) is 9. The first-order valence-electron chi connectivity index (χ1n) is 7.67. The van der Waals surface area contributed by atoms with Crippen LogP contribution in [0, 0.1) is 0 Å². The molecule has 0 unspecified atom stereocenters. The molecule has 0 aliphatic carbocycles. The van der Waals surface area contributed by atoms with Crippen molar-refractivity contribution in [2.45, 2.75) is 29.2 Å². The Labute approximate surface area is 165 Å². The number of cyclic esters (lactones) is 1. The predicted octanol–water partition coefficient (Wildman–Crippen LogP) is 2.25. The largest absolute Gasteiger partial charge is 0.457 e. The number of carbonyl (C=O) groups excluding carboxylic acids is 1. The van der Waals surface area contributed by atoms with Crippen LogP contribution >= 0.6 is 23.1 Å². The lowest BCUT2D eigenvalue weighted by Gasteiger charge is -2.22. The molecule has 0 atom stereocenters. The monoisotopic (exact) mass is 448 g/mol. The number of nitrogens with zero attached hydrogens (tertiary/aromatic N) is 2. The van der Waals surface area contributed by atoms with Gasteiger partial charge in [-0.15, -0.1) is 11.3 Å². The first-order valence-corrected chi connectivity index (χ1v) is 13.1. The Morgan fingerprint density at radius 2 is 1.89 bits per heavy atom. The van der Waals surface area contributed by atoms with Crippen molar-refractivity contribution in [3.63, 3.8) is 0 Å². The number of thiazole rings is 1. The fourth-order valence-corrected chi connectivity index (χ4v) is 7.68. The molecule has 146 valence electrons. The summed E-state index contributed by atoms with van der Waals surface area (Å²) in [5.74, 6) is -0.531. The maximum atomic E-state index is 12.2. The van der Waals surface area contributed by atoms with E-state index in [9.17, 15) is 21.6 Å². The summed E-state index contributed by atoms with van der Waals surface area (Å²) in [5.41, 5.74) is 1.54. The van der Waals surface area contributed by atoms with Gasteiger partial charge in [0.2, 0.25) is 20.0 Å².